The van der Waals surface area contributed by atoms with Crippen LogP contribution in [0.2, 0.25) is 0 Å². The van der Waals surface area contributed by atoms with E-state index in [1.165, 1.54) is 12.0 Å². The lowest BCUT2D eigenvalue weighted by molar-refractivity contribution is 0.253. The molecule has 0 aliphatic rings. The van der Waals surface area contributed by atoms with Crippen molar-refractivity contribution in [2.45, 2.75) is 40.0 Å². The number of hydrogen-bond acceptors (Lipinski definition) is 1. The van der Waals surface area contributed by atoms with Crippen LogP contribution in [0.1, 0.15) is 40.0 Å². The van der Waals surface area contributed by atoms with Gasteiger partial charge in [0.05, 0.1) is 0 Å². The molecule has 1 atom stereocenters. The van der Waals surface area contributed by atoms with Crippen molar-refractivity contribution in [3.8, 4) is 0 Å². The zero-order valence-electron chi connectivity index (χ0n) is 7.93. The van der Waals surface area contributed by atoms with Crippen molar-refractivity contribution in [1.82, 2.24) is 0 Å². The first-order valence-electron chi connectivity index (χ1n) is 4.47. The summed E-state index contributed by atoms with van der Waals surface area (Å²) in [5, 5.41) is 8.73. The van der Waals surface area contributed by atoms with E-state index in [1.54, 1.807) is 0 Å². The van der Waals surface area contributed by atoms with E-state index in [2.05, 4.69) is 26.8 Å². The normalized spacial score (nSPS) is 15.1. The molecule has 1 heteroatoms. The van der Waals surface area contributed by atoms with Gasteiger partial charge < -0.3 is 5.11 Å². The second kappa shape index (κ2) is 6.41. The molecule has 0 aromatic rings. The Morgan fingerprint density at radius 3 is 2.55 bits per heavy atom. The maximum Gasteiger partial charge on any atom is 0.0433 e. The Kier molecular flexibility index (Phi) is 6.24. The second-order valence-corrected chi connectivity index (χ2v) is 3.13. The molecule has 0 amide bonds. The van der Waals surface area contributed by atoms with E-state index >= 15 is 0 Å². The van der Waals surface area contributed by atoms with Gasteiger partial charge in [0.2, 0.25) is 0 Å². The van der Waals surface area contributed by atoms with Crippen LogP contribution in [-0.4, -0.2) is 11.7 Å². The highest BCUT2D eigenvalue weighted by Gasteiger charge is 2.04. The predicted octanol–water partition coefficient (Wildman–Crippen LogP) is 2.75. The third-order valence-corrected chi connectivity index (χ3v) is 2.22. The SMILES string of the molecule is CC=C(C)CC(CC)CCO. The average Bonchev–Trinajstić information content (AvgIpc) is 2.03. The molecule has 0 aliphatic carbocycles. The molecule has 0 aliphatic heterocycles. The van der Waals surface area contributed by atoms with Gasteiger partial charge in [-0.15, -0.1) is 0 Å². The summed E-state index contributed by atoms with van der Waals surface area (Å²) in [6, 6.07) is 0. The van der Waals surface area contributed by atoms with E-state index < -0.39 is 0 Å². The van der Waals surface area contributed by atoms with Crippen LogP contribution in [0.25, 0.3) is 0 Å². The standard InChI is InChI=1S/C10H20O/c1-4-9(3)8-10(5-2)6-7-11/h4,10-11H,5-8H2,1-3H3. The molecule has 1 unspecified atom stereocenters. The van der Waals surface area contributed by atoms with Crippen LogP contribution in [0.5, 0.6) is 0 Å². The van der Waals surface area contributed by atoms with E-state index in [1.807, 2.05) is 0 Å². The Morgan fingerprint density at radius 1 is 1.55 bits per heavy atom. The lowest BCUT2D eigenvalue weighted by Crippen LogP contribution is -2.02. The Morgan fingerprint density at radius 2 is 2.18 bits per heavy atom. The minimum Gasteiger partial charge on any atom is -0.396 e. The first kappa shape index (κ1) is 10.7. The lowest BCUT2D eigenvalue weighted by Gasteiger charge is -2.12. The van der Waals surface area contributed by atoms with E-state index in [0.29, 0.717) is 12.5 Å². The van der Waals surface area contributed by atoms with Crippen molar-refractivity contribution in [2.24, 2.45) is 5.92 Å². The van der Waals surface area contributed by atoms with E-state index in [0.717, 1.165) is 12.8 Å². The molecule has 66 valence electrons. The van der Waals surface area contributed by atoms with Crippen molar-refractivity contribution in [2.75, 3.05) is 6.61 Å². The molecule has 0 aromatic heterocycles. The summed E-state index contributed by atoms with van der Waals surface area (Å²) in [6.45, 7) is 6.74. The van der Waals surface area contributed by atoms with Gasteiger partial charge in [-0.05, 0) is 32.6 Å². The topological polar surface area (TPSA) is 20.2 Å². The van der Waals surface area contributed by atoms with Crippen LogP contribution >= 0.6 is 0 Å². The molecule has 1 nitrogen and oxygen atoms in total. The summed E-state index contributed by atoms with van der Waals surface area (Å²) in [6.07, 6.45) is 5.42. The fourth-order valence-corrected chi connectivity index (χ4v) is 1.21. The summed E-state index contributed by atoms with van der Waals surface area (Å²) in [4.78, 5) is 0. The number of aliphatic hydroxyl groups is 1. The van der Waals surface area contributed by atoms with Gasteiger partial charge in [0, 0.05) is 6.61 Å². The largest absolute Gasteiger partial charge is 0.396 e. The summed E-state index contributed by atoms with van der Waals surface area (Å²) >= 11 is 0. The van der Waals surface area contributed by atoms with Gasteiger partial charge >= 0.3 is 0 Å². The first-order chi connectivity index (χ1) is 5.24. The van der Waals surface area contributed by atoms with Crippen LogP contribution in [0.15, 0.2) is 11.6 Å². The Bertz CT molecular complexity index is 116. The molecule has 0 saturated carbocycles. The molecule has 0 heterocycles. The quantitative estimate of drug-likeness (QED) is 0.607. The number of rotatable bonds is 5. The summed E-state index contributed by atoms with van der Waals surface area (Å²) < 4.78 is 0. The molecule has 0 saturated heterocycles. The maximum atomic E-state index is 8.73. The van der Waals surface area contributed by atoms with Crippen LogP contribution < -0.4 is 0 Å². The molecule has 0 fully saturated rings. The molecule has 0 spiro atoms. The third kappa shape index (κ3) is 5.02. The second-order valence-electron chi connectivity index (χ2n) is 3.13. The number of aliphatic hydroxyl groups excluding tert-OH is 1. The number of allylic oxidation sites excluding steroid dienone is 2. The van der Waals surface area contributed by atoms with Gasteiger partial charge in [0.1, 0.15) is 0 Å². The minimum absolute atomic E-state index is 0.329. The van der Waals surface area contributed by atoms with Crippen molar-refractivity contribution in [3.05, 3.63) is 11.6 Å². The van der Waals surface area contributed by atoms with E-state index in [-0.39, 0.29) is 0 Å². The summed E-state index contributed by atoms with van der Waals surface area (Å²) in [7, 11) is 0. The van der Waals surface area contributed by atoms with Gasteiger partial charge in [0.15, 0.2) is 0 Å². The fourth-order valence-electron chi connectivity index (χ4n) is 1.21. The van der Waals surface area contributed by atoms with Gasteiger partial charge in [-0.3, -0.25) is 0 Å². The molecular weight excluding hydrogens is 136 g/mol. The van der Waals surface area contributed by atoms with Crippen molar-refractivity contribution < 1.29 is 5.11 Å². The van der Waals surface area contributed by atoms with Gasteiger partial charge in [-0.2, -0.15) is 0 Å². The van der Waals surface area contributed by atoms with Gasteiger partial charge in [-0.25, -0.2) is 0 Å². The van der Waals surface area contributed by atoms with Crippen LogP contribution in [0, 0.1) is 5.92 Å². The zero-order valence-corrected chi connectivity index (χ0v) is 7.93. The molecule has 11 heavy (non-hydrogen) atoms. The first-order valence-corrected chi connectivity index (χ1v) is 4.47. The van der Waals surface area contributed by atoms with E-state index in [9.17, 15) is 0 Å². The molecule has 0 rings (SSSR count). The fraction of sp³-hybridized carbons (Fsp3) is 0.800. The summed E-state index contributed by atoms with van der Waals surface area (Å²) in [5.74, 6) is 0.677. The Balaban J connectivity index is 3.68. The van der Waals surface area contributed by atoms with Crippen LogP contribution in [-0.2, 0) is 0 Å². The van der Waals surface area contributed by atoms with Crippen molar-refractivity contribution in [3.63, 3.8) is 0 Å². The minimum atomic E-state index is 0.329. The number of hydrogen-bond donors (Lipinski definition) is 1. The Labute approximate surface area is 70.1 Å². The lowest BCUT2D eigenvalue weighted by atomic mass is 9.95. The smallest absolute Gasteiger partial charge is 0.0433 e. The third-order valence-electron chi connectivity index (χ3n) is 2.22. The zero-order chi connectivity index (χ0) is 8.69. The molecule has 1 N–H and O–H groups in total. The van der Waals surface area contributed by atoms with Crippen LogP contribution in [0.4, 0.5) is 0 Å². The molecule has 0 aromatic carbocycles. The Hall–Kier alpha value is -0.300. The highest BCUT2D eigenvalue weighted by Crippen LogP contribution is 2.17. The molecule has 0 radical (unpaired) electrons. The highest BCUT2D eigenvalue weighted by molar-refractivity contribution is 4.96. The van der Waals surface area contributed by atoms with Crippen LogP contribution in [0.3, 0.4) is 0 Å². The molecule has 0 bridgehead atoms. The average molecular weight is 156 g/mol. The van der Waals surface area contributed by atoms with Crippen molar-refractivity contribution >= 4 is 0 Å². The molecular formula is C10H20O. The van der Waals surface area contributed by atoms with Gasteiger partial charge in [-0.1, -0.05) is 25.0 Å². The van der Waals surface area contributed by atoms with Crippen molar-refractivity contribution in [1.29, 1.82) is 0 Å². The maximum absolute atomic E-state index is 8.73. The monoisotopic (exact) mass is 156 g/mol. The van der Waals surface area contributed by atoms with E-state index in [4.69, 9.17) is 5.11 Å². The highest BCUT2D eigenvalue weighted by atomic mass is 16.3. The predicted molar refractivity (Wildman–Crippen MR) is 49.5 cm³/mol. The van der Waals surface area contributed by atoms with Gasteiger partial charge in [0.25, 0.3) is 0 Å². The summed E-state index contributed by atoms with van der Waals surface area (Å²) in [5.41, 5.74) is 1.44.